The first-order valence-electron chi connectivity index (χ1n) is 10.4. The van der Waals surface area contributed by atoms with E-state index < -0.39 is 0 Å². The van der Waals surface area contributed by atoms with E-state index in [1.807, 2.05) is 13.1 Å². The van der Waals surface area contributed by atoms with Crippen LogP contribution in [-0.4, -0.2) is 60.2 Å². The molecule has 1 aliphatic heterocycles. The maximum atomic E-state index is 4.64. The quantitative estimate of drug-likeness (QED) is 0.447. The van der Waals surface area contributed by atoms with Gasteiger partial charge >= 0.3 is 0 Å². The summed E-state index contributed by atoms with van der Waals surface area (Å²) in [5.41, 5.74) is 2.30. The summed E-state index contributed by atoms with van der Waals surface area (Å²) in [5.74, 6) is 1.98. The normalized spacial score (nSPS) is 16.4. The van der Waals surface area contributed by atoms with Gasteiger partial charge in [-0.1, -0.05) is 25.0 Å². The van der Waals surface area contributed by atoms with Crippen molar-refractivity contribution in [2.24, 2.45) is 4.99 Å². The fourth-order valence-electron chi connectivity index (χ4n) is 3.83. The molecular weight excluding hydrogens is 336 g/mol. The number of likely N-dealkylation sites (tertiary alicyclic amines) is 1. The lowest BCUT2D eigenvalue weighted by atomic mass is 10.2. The zero-order valence-electron chi connectivity index (χ0n) is 16.9. The molecule has 2 N–H and O–H groups in total. The molecule has 0 amide bonds. The van der Waals surface area contributed by atoms with Gasteiger partial charge in [-0.3, -0.25) is 4.99 Å². The number of aliphatic imine (C=N–C) groups is 1. The van der Waals surface area contributed by atoms with Crippen molar-refractivity contribution in [3.8, 4) is 0 Å². The molecule has 0 saturated carbocycles. The van der Waals surface area contributed by atoms with Crippen molar-refractivity contribution in [3.63, 3.8) is 0 Å². The highest BCUT2D eigenvalue weighted by atomic mass is 15.2. The van der Waals surface area contributed by atoms with Crippen LogP contribution in [0, 0.1) is 6.92 Å². The monoisotopic (exact) mass is 370 g/mol. The summed E-state index contributed by atoms with van der Waals surface area (Å²) in [4.78, 5) is 11.6. The highest BCUT2D eigenvalue weighted by Crippen LogP contribution is 2.15. The van der Waals surface area contributed by atoms with Crippen molar-refractivity contribution in [3.05, 3.63) is 30.1 Å². The Labute approximate surface area is 163 Å². The molecule has 1 aromatic heterocycles. The molecule has 0 unspecified atom stereocenters. The number of para-hydroxylation sites is 2. The van der Waals surface area contributed by atoms with Gasteiger partial charge in [0.2, 0.25) is 0 Å². The summed E-state index contributed by atoms with van der Waals surface area (Å²) in [6, 6.07) is 8.34. The Bertz CT molecular complexity index is 727. The lowest BCUT2D eigenvalue weighted by Crippen LogP contribution is -2.42. The van der Waals surface area contributed by atoms with E-state index in [1.54, 1.807) is 0 Å². The van der Waals surface area contributed by atoms with Gasteiger partial charge in [0.25, 0.3) is 0 Å². The number of imidazole rings is 1. The molecule has 1 fully saturated rings. The molecule has 3 rings (SSSR count). The first-order valence-corrected chi connectivity index (χ1v) is 10.4. The van der Waals surface area contributed by atoms with Gasteiger partial charge in [0.05, 0.1) is 11.0 Å². The fourth-order valence-corrected chi connectivity index (χ4v) is 3.83. The maximum absolute atomic E-state index is 4.64. The first kappa shape index (κ1) is 19.7. The molecule has 6 heteroatoms. The van der Waals surface area contributed by atoms with E-state index in [0.29, 0.717) is 0 Å². The van der Waals surface area contributed by atoms with Crippen LogP contribution < -0.4 is 10.6 Å². The number of aromatic nitrogens is 2. The van der Waals surface area contributed by atoms with E-state index in [9.17, 15) is 0 Å². The van der Waals surface area contributed by atoms with Crippen LogP contribution in [0.25, 0.3) is 11.0 Å². The molecule has 1 saturated heterocycles. The number of nitrogens with zero attached hydrogens (tertiary/aromatic N) is 4. The second-order valence-electron chi connectivity index (χ2n) is 7.33. The molecule has 0 aliphatic carbocycles. The molecule has 2 aromatic rings. The third-order valence-corrected chi connectivity index (χ3v) is 5.34. The lowest BCUT2D eigenvalue weighted by Gasteiger charge is -2.20. The molecule has 27 heavy (non-hydrogen) atoms. The molecular formula is C21H34N6. The predicted octanol–water partition coefficient (Wildman–Crippen LogP) is 2.78. The molecule has 0 radical (unpaired) electrons. The van der Waals surface area contributed by atoms with Gasteiger partial charge in [-0.25, -0.2) is 4.98 Å². The number of benzene rings is 1. The van der Waals surface area contributed by atoms with Crippen LogP contribution in [-0.2, 0) is 6.54 Å². The number of hydrogen-bond donors (Lipinski definition) is 2. The Morgan fingerprint density at radius 1 is 1.04 bits per heavy atom. The minimum Gasteiger partial charge on any atom is -0.356 e. The van der Waals surface area contributed by atoms with Gasteiger partial charge in [0.15, 0.2) is 5.96 Å². The zero-order valence-corrected chi connectivity index (χ0v) is 16.9. The van der Waals surface area contributed by atoms with Gasteiger partial charge in [-0.2, -0.15) is 0 Å². The molecule has 148 valence electrons. The van der Waals surface area contributed by atoms with Crippen LogP contribution in [0.3, 0.4) is 0 Å². The Morgan fingerprint density at radius 2 is 1.78 bits per heavy atom. The molecule has 6 nitrogen and oxygen atoms in total. The topological polar surface area (TPSA) is 57.5 Å². The second kappa shape index (κ2) is 10.3. The highest BCUT2D eigenvalue weighted by Gasteiger charge is 2.09. The minimum absolute atomic E-state index is 0.898. The summed E-state index contributed by atoms with van der Waals surface area (Å²) >= 11 is 0. The highest BCUT2D eigenvalue weighted by molar-refractivity contribution is 5.79. The summed E-state index contributed by atoms with van der Waals surface area (Å²) in [6.45, 7) is 8.47. The average Bonchev–Trinajstić information content (AvgIpc) is 2.84. The largest absolute Gasteiger partial charge is 0.356 e. The smallest absolute Gasteiger partial charge is 0.191 e. The van der Waals surface area contributed by atoms with Gasteiger partial charge in [-0.05, 0) is 51.4 Å². The number of rotatable bonds is 7. The van der Waals surface area contributed by atoms with Crippen molar-refractivity contribution < 1.29 is 0 Å². The second-order valence-corrected chi connectivity index (χ2v) is 7.33. The Hall–Kier alpha value is -2.08. The van der Waals surface area contributed by atoms with Crippen molar-refractivity contribution in [2.75, 3.05) is 39.8 Å². The third kappa shape index (κ3) is 5.70. The van der Waals surface area contributed by atoms with Crippen molar-refractivity contribution in [2.45, 2.75) is 45.6 Å². The molecule has 0 atom stereocenters. The standard InChI is InChI=1S/C21H34N6/c1-18-25-19-10-5-6-11-20(19)27(18)16-9-12-23-21(22-2)24-13-17-26-14-7-3-4-8-15-26/h5-6,10-11H,3-4,7-9,12-17H2,1-2H3,(H2,22,23,24). The van der Waals surface area contributed by atoms with Crippen LogP contribution in [0.5, 0.6) is 0 Å². The van der Waals surface area contributed by atoms with Gasteiger partial charge in [0, 0.05) is 33.2 Å². The lowest BCUT2D eigenvalue weighted by molar-refractivity contribution is 0.289. The van der Waals surface area contributed by atoms with E-state index in [2.05, 4.69) is 55.2 Å². The third-order valence-electron chi connectivity index (χ3n) is 5.34. The fraction of sp³-hybridized carbons (Fsp3) is 0.619. The van der Waals surface area contributed by atoms with Gasteiger partial charge < -0.3 is 20.1 Å². The van der Waals surface area contributed by atoms with Crippen LogP contribution >= 0.6 is 0 Å². The van der Waals surface area contributed by atoms with Crippen LogP contribution in [0.1, 0.15) is 37.9 Å². The number of nitrogens with one attached hydrogen (secondary N) is 2. The van der Waals surface area contributed by atoms with E-state index in [0.717, 1.165) is 49.9 Å². The summed E-state index contributed by atoms with van der Waals surface area (Å²) in [5, 5.41) is 6.89. The van der Waals surface area contributed by atoms with Gasteiger partial charge in [-0.15, -0.1) is 0 Å². The Balaban J connectivity index is 1.37. The number of aryl methyl sites for hydroxylation is 2. The SMILES string of the molecule is CN=C(NCCCn1c(C)nc2ccccc21)NCCN1CCCCCC1. The summed E-state index contributed by atoms with van der Waals surface area (Å²) in [6.07, 6.45) is 6.50. The van der Waals surface area contributed by atoms with E-state index >= 15 is 0 Å². The van der Waals surface area contributed by atoms with Crippen LogP contribution in [0.4, 0.5) is 0 Å². The minimum atomic E-state index is 0.898. The van der Waals surface area contributed by atoms with Crippen molar-refractivity contribution in [1.82, 2.24) is 25.1 Å². The van der Waals surface area contributed by atoms with Crippen molar-refractivity contribution in [1.29, 1.82) is 0 Å². The predicted molar refractivity (Wildman–Crippen MR) is 113 cm³/mol. The van der Waals surface area contributed by atoms with Crippen LogP contribution in [0.15, 0.2) is 29.3 Å². The Morgan fingerprint density at radius 3 is 2.56 bits per heavy atom. The van der Waals surface area contributed by atoms with E-state index in [1.165, 1.54) is 44.3 Å². The average molecular weight is 371 g/mol. The molecule has 1 aliphatic rings. The van der Waals surface area contributed by atoms with Gasteiger partial charge in [0.1, 0.15) is 5.82 Å². The molecule has 1 aromatic carbocycles. The summed E-state index contributed by atoms with van der Waals surface area (Å²) in [7, 11) is 1.84. The van der Waals surface area contributed by atoms with E-state index in [-0.39, 0.29) is 0 Å². The number of guanidine groups is 1. The molecule has 0 bridgehead atoms. The number of fused-ring (bicyclic) bond motifs is 1. The summed E-state index contributed by atoms with van der Waals surface area (Å²) < 4.78 is 2.30. The molecule has 0 spiro atoms. The van der Waals surface area contributed by atoms with Crippen molar-refractivity contribution >= 4 is 17.0 Å². The molecule has 2 heterocycles. The Kier molecular flexibility index (Phi) is 7.51. The van der Waals surface area contributed by atoms with Crippen LogP contribution in [0.2, 0.25) is 0 Å². The zero-order chi connectivity index (χ0) is 18.9. The number of hydrogen-bond acceptors (Lipinski definition) is 3. The maximum Gasteiger partial charge on any atom is 0.191 e. The van der Waals surface area contributed by atoms with E-state index in [4.69, 9.17) is 0 Å². The first-order chi connectivity index (χ1) is 13.3.